The van der Waals surface area contributed by atoms with Crippen LogP contribution in [-0.4, -0.2) is 10.9 Å². The van der Waals surface area contributed by atoms with Gasteiger partial charge >= 0.3 is 0 Å². The Morgan fingerprint density at radius 3 is 2.75 bits per heavy atom. The van der Waals surface area contributed by atoms with Crippen LogP contribution in [0.15, 0.2) is 69.1 Å². The highest BCUT2D eigenvalue weighted by Crippen LogP contribution is 2.30. The third-order valence-electron chi connectivity index (χ3n) is 3.37. The first-order valence-electron chi connectivity index (χ1n) is 7.34. The Labute approximate surface area is 149 Å². The van der Waals surface area contributed by atoms with Crippen molar-refractivity contribution >= 4 is 29.3 Å². The van der Waals surface area contributed by atoms with Crippen LogP contribution < -0.4 is 5.32 Å². The second-order valence-electron chi connectivity index (χ2n) is 5.12. The maximum atomic E-state index is 12.2. The van der Waals surface area contributed by atoms with Gasteiger partial charge in [0.25, 0.3) is 5.91 Å². The molecule has 0 atom stereocenters. The standard InChI is InChI=1S/C18H15ClN2O2S/c1-12-3-2-10-20-15(12)11-21-18(22)16-8-9-17(23-16)24-14-6-4-13(19)5-7-14/h2-10H,11H2,1H3,(H,21,22). The zero-order valence-electron chi connectivity index (χ0n) is 13.0. The number of nitrogens with zero attached hydrogens (tertiary/aromatic N) is 1. The summed E-state index contributed by atoms with van der Waals surface area (Å²) in [5.41, 5.74) is 1.88. The van der Waals surface area contributed by atoms with Crippen molar-refractivity contribution in [2.45, 2.75) is 23.5 Å². The van der Waals surface area contributed by atoms with Gasteiger partial charge in [0.1, 0.15) is 0 Å². The summed E-state index contributed by atoms with van der Waals surface area (Å²) in [6, 6.07) is 14.7. The minimum absolute atomic E-state index is 0.261. The predicted molar refractivity (Wildman–Crippen MR) is 94.4 cm³/mol. The number of carbonyl (C=O) groups excluding carboxylic acids is 1. The normalized spacial score (nSPS) is 10.6. The molecule has 0 fully saturated rings. The van der Waals surface area contributed by atoms with E-state index in [9.17, 15) is 4.79 Å². The van der Waals surface area contributed by atoms with Crippen molar-refractivity contribution in [3.63, 3.8) is 0 Å². The molecule has 0 saturated carbocycles. The molecule has 0 spiro atoms. The Kier molecular flexibility index (Phi) is 5.23. The van der Waals surface area contributed by atoms with Gasteiger partial charge in [-0.2, -0.15) is 0 Å². The molecule has 0 aliphatic rings. The van der Waals surface area contributed by atoms with E-state index in [2.05, 4.69) is 10.3 Å². The topological polar surface area (TPSA) is 55.1 Å². The quantitative estimate of drug-likeness (QED) is 0.717. The highest BCUT2D eigenvalue weighted by atomic mass is 35.5. The maximum absolute atomic E-state index is 12.2. The fraction of sp³-hybridized carbons (Fsp3) is 0.111. The molecule has 0 saturated heterocycles. The summed E-state index contributed by atoms with van der Waals surface area (Å²) in [7, 11) is 0. The van der Waals surface area contributed by atoms with Crippen molar-refractivity contribution in [3.8, 4) is 0 Å². The van der Waals surface area contributed by atoms with Crippen LogP contribution in [0.5, 0.6) is 0 Å². The third kappa shape index (κ3) is 4.19. The van der Waals surface area contributed by atoms with Crippen LogP contribution in [0.25, 0.3) is 0 Å². The second kappa shape index (κ2) is 7.55. The summed E-state index contributed by atoms with van der Waals surface area (Å²) >= 11 is 7.30. The Morgan fingerprint density at radius 2 is 2.00 bits per heavy atom. The van der Waals surface area contributed by atoms with Crippen LogP contribution in [0.2, 0.25) is 5.02 Å². The summed E-state index contributed by atoms with van der Waals surface area (Å²) in [4.78, 5) is 17.4. The van der Waals surface area contributed by atoms with Crippen LogP contribution in [-0.2, 0) is 6.54 Å². The third-order valence-corrected chi connectivity index (χ3v) is 4.55. The monoisotopic (exact) mass is 358 g/mol. The van der Waals surface area contributed by atoms with Gasteiger partial charge in [0.15, 0.2) is 10.9 Å². The van der Waals surface area contributed by atoms with E-state index in [1.165, 1.54) is 11.8 Å². The van der Waals surface area contributed by atoms with Gasteiger partial charge in [0.05, 0.1) is 12.2 Å². The summed E-state index contributed by atoms with van der Waals surface area (Å²) in [5, 5.41) is 4.15. The van der Waals surface area contributed by atoms with E-state index < -0.39 is 0 Å². The highest BCUT2D eigenvalue weighted by Gasteiger charge is 2.12. The number of aryl methyl sites for hydroxylation is 1. The fourth-order valence-electron chi connectivity index (χ4n) is 2.07. The predicted octanol–water partition coefficient (Wildman–Crippen LogP) is 4.72. The molecule has 122 valence electrons. The number of pyridine rings is 1. The zero-order valence-corrected chi connectivity index (χ0v) is 14.5. The fourth-order valence-corrected chi connectivity index (χ4v) is 2.97. The van der Waals surface area contributed by atoms with Crippen LogP contribution in [0, 0.1) is 6.92 Å². The van der Waals surface area contributed by atoms with Crippen molar-refractivity contribution in [2.75, 3.05) is 0 Å². The van der Waals surface area contributed by atoms with E-state index in [1.807, 2.05) is 43.3 Å². The smallest absolute Gasteiger partial charge is 0.287 e. The molecule has 2 aromatic heterocycles. The molecule has 24 heavy (non-hydrogen) atoms. The van der Waals surface area contributed by atoms with Gasteiger partial charge in [-0.25, -0.2) is 0 Å². The molecule has 6 heteroatoms. The van der Waals surface area contributed by atoms with Gasteiger partial charge in [0.2, 0.25) is 0 Å². The number of hydrogen-bond donors (Lipinski definition) is 1. The molecule has 3 aromatic rings. The van der Waals surface area contributed by atoms with Gasteiger partial charge in [0, 0.05) is 16.1 Å². The number of amides is 1. The van der Waals surface area contributed by atoms with Gasteiger partial charge in [-0.15, -0.1) is 0 Å². The summed E-state index contributed by atoms with van der Waals surface area (Å²) in [5.74, 6) is 0.0167. The number of aromatic nitrogens is 1. The van der Waals surface area contributed by atoms with E-state index in [1.54, 1.807) is 18.3 Å². The van der Waals surface area contributed by atoms with Crippen LogP contribution in [0.1, 0.15) is 21.8 Å². The highest BCUT2D eigenvalue weighted by molar-refractivity contribution is 7.99. The Balaban J connectivity index is 1.61. The average molecular weight is 359 g/mol. The number of hydrogen-bond acceptors (Lipinski definition) is 4. The number of nitrogens with one attached hydrogen (secondary N) is 1. The minimum Gasteiger partial charge on any atom is -0.444 e. The number of rotatable bonds is 5. The molecule has 2 heterocycles. The maximum Gasteiger partial charge on any atom is 0.287 e. The van der Waals surface area contributed by atoms with Gasteiger partial charge in [-0.05, 0) is 55.0 Å². The van der Waals surface area contributed by atoms with Crippen molar-refractivity contribution in [2.24, 2.45) is 0 Å². The lowest BCUT2D eigenvalue weighted by atomic mass is 10.2. The molecule has 0 unspecified atom stereocenters. The van der Waals surface area contributed by atoms with E-state index in [-0.39, 0.29) is 11.7 Å². The van der Waals surface area contributed by atoms with E-state index in [0.29, 0.717) is 16.7 Å². The lowest BCUT2D eigenvalue weighted by Crippen LogP contribution is -2.23. The number of furan rings is 1. The van der Waals surface area contributed by atoms with Crippen molar-refractivity contribution in [1.29, 1.82) is 0 Å². The van der Waals surface area contributed by atoms with E-state index in [0.717, 1.165) is 16.2 Å². The summed E-state index contributed by atoms with van der Waals surface area (Å²) in [6.07, 6.45) is 1.71. The van der Waals surface area contributed by atoms with Crippen molar-refractivity contribution in [3.05, 3.63) is 76.8 Å². The van der Waals surface area contributed by atoms with Gasteiger partial charge in [-0.1, -0.05) is 29.4 Å². The number of halogens is 1. The minimum atomic E-state index is -0.261. The lowest BCUT2D eigenvalue weighted by molar-refractivity contribution is 0.0917. The molecular weight excluding hydrogens is 344 g/mol. The molecule has 4 nitrogen and oxygen atoms in total. The first-order valence-corrected chi connectivity index (χ1v) is 8.53. The van der Waals surface area contributed by atoms with Crippen LogP contribution in [0.4, 0.5) is 0 Å². The van der Waals surface area contributed by atoms with Crippen molar-refractivity contribution < 1.29 is 9.21 Å². The molecule has 1 N–H and O–H groups in total. The Bertz CT molecular complexity index is 846. The van der Waals surface area contributed by atoms with Crippen LogP contribution in [0.3, 0.4) is 0 Å². The molecule has 0 radical (unpaired) electrons. The Morgan fingerprint density at radius 1 is 1.21 bits per heavy atom. The molecule has 1 aromatic carbocycles. The first kappa shape index (κ1) is 16.6. The largest absolute Gasteiger partial charge is 0.444 e. The SMILES string of the molecule is Cc1cccnc1CNC(=O)c1ccc(Sc2ccc(Cl)cc2)o1. The van der Waals surface area contributed by atoms with E-state index in [4.69, 9.17) is 16.0 Å². The van der Waals surface area contributed by atoms with Gasteiger partial charge < -0.3 is 9.73 Å². The molecule has 3 rings (SSSR count). The number of benzene rings is 1. The lowest BCUT2D eigenvalue weighted by Gasteiger charge is -2.05. The van der Waals surface area contributed by atoms with Crippen molar-refractivity contribution in [1.82, 2.24) is 10.3 Å². The van der Waals surface area contributed by atoms with E-state index >= 15 is 0 Å². The summed E-state index contributed by atoms with van der Waals surface area (Å²) < 4.78 is 5.60. The Hall–Kier alpha value is -2.24. The summed E-state index contributed by atoms with van der Waals surface area (Å²) in [6.45, 7) is 2.33. The zero-order chi connectivity index (χ0) is 16.9. The number of carbonyl (C=O) groups is 1. The molecular formula is C18H15ClN2O2S. The first-order chi connectivity index (χ1) is 11.6. The van der Waals surface area contributed by atoms with Gasteiger partial charge in [-0.3, -0.25) is 9.78 Å². The second-order valence-corrected chi connectivity index (χ2v) is 6.64. The molecule has 0 aliphatic heterocycles. The molecule has 0 aliphatic carbocycles. The molecule has 0 bridgehead atoms. The van der Waals surface area contributed by atoms with Crippen LogP contribution >= 0.6 is 23.4 Å². The molecule has 1 amide bonds. The average Bonchev–Trinajstić information content (AvgIpc) is 3.05.